The third kappa shape index (κ3) is 1.76. The molecule has 2 aromatic heterocycles. The van der Waals surface area contributed by atoms with Gasteiger partial charge in [-0.15, -0.1) is 0 Å². The van der Waals surface area contributed by atoms with Crippen LogP contribution in [0.5, 0.6) is 0 Å². The fourth-order valence-corrected chi connectivity index (χ4v) is 2.71. The topological polar surface area (TPSA) is 34.9 Å². The molecule has 18 heavy (non-hydrogen) atoms. The van der Waals surface area contributed by atoms with Gasteiger partial charge in [-0.25, -0.2) is 0 Å². The van der Waals surface area contributed by atoms with Gasteiger partial charge in [0.25, 0.3) is 0 Å². The molecule has 2 heterocycles. The second kappa shape index (κ2) is 4.41. The molecule has 1 atom stereocenters. The summed E-state index contributed by atoms with van der Waals surface area (Å²) < 4.78 is 2.22. The summed E-state index contributed by atoms with van der Waals surface area (Å²) in [4.78, 5) is 15.9. The van der Waals surface area contributed by atoms with Crippen molar-refractivity contribution in [1.82, 2.24) is 9.55 Å². The van der Waals surface area contributed by atoms with Crippen molar-refractivity contribution in [2.75, 3.05) is 0 Å². The molecule has 0 radical (unpaired) electrons. The molecule has 2 aromatic rings. The fraction of sp³-hybridized carbons (Fsp3) is 0.333. The van der Waals surface area contributed by atoms with Crippen LogP contribution in [0.4, 0.5) is 0 Å². The van der Waals surface area contributed by atoms with Crippen molar-refractivity contribution in [2.24, 2.45) is 0 Å². The molecule has 0 spiro atoms. The van der Waals surface area contributed by atoms with Crippen molar-refractivity contribution >= 4 is 5.78 Å². The quantitative estimate of drug-likeness (QED) is 0.808. The average molecular weight is 240 g/mol. The second-order valence-electron chi connectivity index (χ2n) is 4.82. The van der Waals surface area contributed by atoms with E-state index >= 15 is 0 Å². The molecule has 0 fully saturated rings. The minimum Gasteiger partial charge on any atom is -0.344 e. The second-order valence-corrected chi connectivity index (χ2v) is 4.82. The van der Waals surface area contributed by atoms with E-state index in [1.165, 1.54) is 11.3 Å². The Morgan fingerprint density at radius 2 is 2.00 bits per heavy atom. The van der Waals surface area contributed by atoms with E-state index in [2.05, 4.69) is 16.5 Å². The Balaban J connectivity index is 2.01. The van der Waals surface area contributed by atoms with Crippen molar-refractivity contribution in [1.29, 1.82) is 0 Å². The number of nitrogens with zero attached hydrogens (tertiary/aromatic N) is 2. The molecule has 3 nitrogen and oxygen atoms in total. The summed E-state index contributed by atoms with van der Waals surface area (Å²) in [5, 5.41) is 0. The molecule has 0 aliphatic heterocycles. The Morgan fingerprint density at radius 1 is 1.22 bits per heavy atom. The smallest absolute Gasteiger partial charge is 0.164 e. The van der Waals surface area contributed by atoms with Crippen molar-refractivity contribution < 1.29 is 4.79 Å². The van der Waals surface area contributed by atoms with Crippen molar-refractivity contribution in [3.63, 3.8) is 0 Å². The first-order chi connectivity index (χ1) is 8.77. The van der Waals surface area contributed by atoms with Crippen LogP contribution < -0.4 is 0 Å². The molecule has 0 bridgehead atoms. The number of pyridine rings is 1. The van der Waals surface area contributed by atoms with Crippen molar-refractivity contribution in [3.05, 3.63) is 53.6 Å². The summed E-state index contributed by atoms with van der Waals surface area (Å²) in [5.41, 5.74) is 3.33. The van der Waals surface area contributed by atoms with Gasteiger partial charge in [0.05, 0.1) is 6.04 Å². The lowest BCUT2D eigenvalue weighted by Crippen LogP contribution is -2.15. The van der Waals surface area contributed by atoms with E-state index in [1.807, 2.05) is 36.8 Å². The van der Waals surface area contributed by atoms with Crippen LogP contribution in [-0.4, -0.2) is 15.3 Å². The molecule has 1 unspecified atom stereocenters. The number of aromatic nitrogens is 2. The number of carbonyl (C=O) groups is 1. The van der Waals surface area contributed by atoms with E-state index < -0.39 is 0 Å². The van der Waals surface area contributed by atoms with Crippen LogP contribution >= 0.6 is 0 Å². The van der Waals surface area contributed by atoms with Gasteiger partial charge in [-0.05, 0) is 43.5 Å². The predicted octanol–water partition coefficient (Wildman–Crippen LogP) is 3.01. The highest BCUT2D eigenvalue weighted by molar-refractivity contribution is 5.98. The van der Waals surface area contributed by atoms with Crippen LogP contribution in [0, 0.1) is 0 Å². The molecule has 0 N–H and O–H groups in total. The molecule has 0 amide bonds. The number of rotatable bonds is 2. The number of Topliss-reactive ketones (excluding diaryl/α,β-unsaturated/α-hetero) is 1. The van der Waals surface area contributed by atoms with E-state index in [-0.39, 0.29) is 11.8 Å². The fourth-order valence-electron chi connectivity index (χ4n) is 2.71. The number of fused-ring (bicyclic) bond motifs is 1. The lowest BCUT2D eigenvalue weighted by molar-refractivity contribution is 0.0971. The molecule has 0 saturated carbocycles. The number of hydrogen-bond acceptors (Lipinski definition) is 2. The van der Waals surface area contributed by atoms with E-state index in [4.69, 9.17) is 0 Å². The normalized spacial score (nSPS) is 16.4. The molecular formula is C15H16N2O. The summed E-state index contributed by atoms with van der Waals surface area (Å²) in [6.45, 7) is 2.16. The third-order valence-corrected chi connectivity index (χ3v) is 3.75. The monoisotopic (exact) mass is 240 g/mol. The Labute approximate surface area is 106 Å². The Bertz CT molecular complexity index is 571. The first kappa shape index (κ1) is 11.2. The molecular weight excluding hydrogens is 224 g/mol. The van der Waals surface area contributed by atoms with Gasteiger partial charge < -0.3 is 4.57 Å². The highest BCUT2D eigenvalue weighted by Gasteiger charge is 2.22. The third-order valence-electron chi connectivity index (χ3n) is 3.75. The van der Waals surface area contributed by atoms with Gasteiger partial charge in [-0.1, -0.05) is 0 Å². The van der Waals surface area contributed by atoms with Gasteiger partial charge in [0, 0.05) is 36.3 Å². The maximum absolute atomic E-state index is 11.8. The molecule has 3 heteroatoms. The largest absolute Gasteiger partial charge is 0.344 e. The van der Waals surface area contributed by atoms with Gasteiger partial charge in [0.1, 0.15) is 0 Å². The molecule has 0 saturated heterocycles. The first-order valence-electron chi connectivity index (χ1n) is 6.40. The van der Waals surface area contributed by atoms with Gasteiger partial charge in [0.2, 0.25) is 0 Å². The minimum atomic E-state index is 0.252. The Hall–Kier alpha value is -1.90. The highest BCUT2D eigenvalue weighted by atomic mass is 16.1. The summed E-state index contributed by atoms with van der Waals surface area (Å²) in [6.07, 6.45) is 8.34. The SMILES string of the molecule is CC(c1ccncc1)n1ccc2c1CCCC2=O. The van der Waals surface area contributed by atoms with Gasteiger partial charge in [-0.3, -0.25) is 9.78 Å². The maximum atomic E-state index is 11.8. The molecule has 1 aliphatic rings. The summed E-state index contributed by atoms with van der Waals surface area (Å²) in [5.74, 6) is 0.289. The molecule has 0 aromatic carbocycles. The lowest BCUT2D eigenvalue weighted by atomic mass is 9.96. The summed E-state index contributed by atoms with van der Waals surface area (Å²) in [6, 6.07) is 6.28. The molecule has 1 aliphatic carbocycles. The average Bonchev–Trinajstić information content (AvgIpc) is 2.84. The van der Waals surface area contributed by atoms with E-state index in [0.717, 1.165) is 18.4 Å². The summed E-state index contributed by atoms with van der Waals surface area (Å²) >= 11 is 0. The number of carbonyl (C=O) groups excluding carboxylic acids is 1. The zero-order valence-corrected chi connectivity index (χ0v) is 10.5. The van der Waals surface area contributed by atoms with Gasteiger partial charge in [0.15, 0.2) is 5.78 Å². The van der Waals surface area contributed by atoms with E-state index in [9.17, 15) is 4.79 Å². The van der Waals surface area contributed by atoms with E-state index in [0.29, 0.717) is 6.42 Å². The van der Waals surface area contributed by atoms with Crippen LogP contribution in [-0.2, 0) is 6.42 Å². The predicted molar refractivity (Wildman–Crippen MR) is 69.8 cm³/mol. The minimum absolute atomic E-state index is 0.252. The summed E-state index contributed by atoms with van der Waals surface area (Å²) in [7, 11) is 0. The molecule has 3 rings (SSSR count). The van der Waals surface area contributed by atoms with Crippen LogP contribution in [0.3, 0.4) is 0 Å². The zero-order chi connectivity index (χ0) is 12.5. The van der Waals surface area contributed by atoms with Gasteiger partial charge >= 0.3 is 0 Å². The van der Waals surface area contributed by atoms with Crippen LogP contribution in [0.25, 0.3) is 0 Å². The van der Waals surface area contributed by atoms with Crippen LogP contribution in [0.1, 0.15) is 47.4 Å². The highest BCUT2D eigenvalue weighted by Crippen LogP contribution is 2.27. The van der Waals surface area contributed by atoms with Crippen LogP contribution in [0.15, 0.2) is 36.8 Å². The lowest BCUT2D eigenvalue weighted by Gasteiger charge is -2.20. The number of hydrogen-bond donors (Lipinski definition) is 0. The maximum Gasteiger partial charge on any atom is 0.164 e. The first-order valence-corrected chi connectivity index (χ1v) is 6.40. The Kier molecular flexibility index (Phi) is 2.74. The van der Waals surface area contributed by atoms with Crippen molar-refractivity contribution in [3.8, 4) is 0 Å². The van der Waals surface area contributed by atoms with Crippen LogP contribution in [0.2, 0.25) is 0 Å². The molecule has 92 valence electrons. The van der Waals surface area contributed by atoms with Crippen molar-refractivity contribution in [2.45, 2.75) is 32.2 Å². The Morgan fingerprint density at radius 3 is 2.78 bits per heavy atom. The van der Waals surface area contributed by atoms with E-state index in [1.54, 1.807) is 0 Å². The number of ketones is 1. The zero-order valence-electron chi connectivity index (χ0n) is 10.5. The van der Waals surface area contributed by atoms with Gasteiger partial charge in [-0.2, -0.15) is 0 Å². The standard InChI is InChI=1S/C15H16N2O/c1-11(12-5-8-16-9-6-12)17-10-7-13-14(17)3-2-4-15(13)18/h5-11H,2-4H2,1H3.